The van der Waals surface area contributed by atoms with E-state index in [1.807, 2.05) is 0 Å². The minimum atomic E-state index is -1.38. The van der Waals surface area contributed by atoms with Gasteiger partial charge in [0, 0.05) is 12.3 Å². The van der Waals surface area contributed by atoms with Crippen molar-refractivity contribution in [2.75, 3.05) is 12.3 Å². The Kier molecular flexibility index (Phi) is 7.22. The average molecular weight is 274 g/mol. The topological polar surface area (TPSA) is 17.1 Å². The van der Waals surface area contributed by atoms with Crippen molar-refractivity contribution in [3.05, 3.63) is 0 Å². The van der Waals surface area contributed by atoms with Crippen LogP contribution in [0.3, 0.4) is 0 Å². The third-order valence-electron chi connectivity index (χ3n) is 3.07. The predicted octanol–water partition coefficient (Wildman–Crippen LogP) is 5.69. The van der Waals surface area contributed by atoms with E-state index in [2.05, 4.69) is 55.4 Å². The SMILES string of the molecule is CC(C[PH](=O)CC(C)CC(C)(C)C)CC(C)(C)C. The molecule has 0 aliphatic carbocycles. The molecular formula is C16H35OP. The third-order valence-corrected chi connectivity index (χ3v) is 5.38. The van der Waals surface area contributed by atoms with Crippen molar-refractivity contribution < 1.29 is 4.57 Å². The Balaban J connectivity index is 4.04. The first-order chi connectivity index (χ1) is 7.89. The second-order valence-electron chi connectivity index (χ2n) is 8.69. The van der Waals surface area contributed by atoms with Crippen LogP contribution >= 0.6 is 7.80 Å². The molecule has 0 aromatic heterocycles. The Hall–Kier alpha value is 0.230. The van der Waals surface area contributed by atoms with E-state index in [4.69, 9.17) is 0 Å². The van der Waals surface area contributed by atoms with Crippen LogP contribution in [0.2, 0.25) is 0 Å². The standard InChI is InChI=1S/C16H35OP/c1-13(9-15(3,4)5)11-18(17)12-14(2)10-16(6,7)8/h13-14,18H,9-12H2,1-8H3. The largest absolute Gasteiger partial charge is 0.327 e. The van der Waals surface area contributed by atoms with Gasteiger partial charge in [0.05, 0.1) is 7.80 Å². The molecule has 0 aliphatic rings. The summed E-state index contributed by atoms with van der Waals surface area (Å²) in [5.41, 5.74) is 0.719. The van der Waals surface area contributed by atoms with Crippen molar-refractivity contribution in [3.63, 3.8) is 0 Å². The molecule has 0 fully saturated rings. The summed E-state index contributed by atoms with van der Waals surface area (Å²) in [5, 5.41) is 0. The summed E-state index contributed by atoms with van der Waals surface area (Å²) < 4.78 is 12.2. The van der Waals surface area contributed by atoms with Crippen molar-refractivity contribution in [3.8, 4) is 0 Å². The molecule has 0 heterocycles. The van der Waals surface area contributed by atoms with Crippen molar-refractivity contribution in [2.24, 2.45) is 22.7 Å². The lowest BCUT2D eigenvalue weighted by atomic mass is 9.86. The minimum absolute atomic E-state index is 0.360. The van der Waals surface area contributed by atoms with Gasteiger partial charge < -0.3 is 4.57 Å². The molecular weight excluding hydrogens is 239 g/mol. The summed E-state index contributed by atoms with van der Waals surface area (Å²) in [6.07, 6.45) is 4.24. The maximum absolute atomic E-state index is 12.2. The van der Waals surface area contributed by atoms with Gasteiger partial charge in [-0.25, -0.2) is 0 Å². The van der Waals surface area contributed by atoms with Gasteiger partial charge in [-0.15, -0.1) is 0 Å². The van der Waals surface area contributed by atoms with Crippen LogP contribution in [0.25, 0.3) is 0 Å². The molecule has 2 heteroatoms. The average Bonchev–Trinajstić information content (AvgIpc) is 1.92. The second kappa shape index (κ2) is 7.13. The molecule has 0 amide bonds. The molecule has 18 heavy (non-hydrogen) atoms. The molecule has 2 unspecified atom stereocenters. The fourth-order valence-electron chi connectivity index (χ4n) is 3.10. The number of hydrogen-bond donors (Lipinski definition) is 0. The molecule has 0 N–H and O–H groups in total. The molecule has 1 nitrogen and oxygen atoms in total. The van der Waals surface area contributed by atoms with Crippen LogP contribution in [0.4, 0.5) is 0 Å². The maximum Gasteiger partial charge on any atom is 0.0767 e. The first-order valence-corrected chi connectivity index (χ1v) is 9.23. The molecule has 0 saturated heterocycles. The summed E-state index contributed by atoms with van der Waals surface area (Å²) in [7, 11) is -1.38. The fourth-order valence-corrected chi connectivity index (χ4v) is 5.11. The lowest BCUT2D eigenvalue weighted by molar-refractivity contribution is 0.317. The van der Waals surface area contributed by atoms with Crippen LogP contribution < -0.4 is 0 Å². The van der Waals surface area contributed by atoms with Crippen molar-refractivity contribution >= 4 is 7.80 Å². The van der Waals surface area contributed by atoms with Gasteiger partial charge in [-0.3, -0.25) is 0 Å². The lowest BCUT2D eigenvalue weighted by Gasteiger charge is -2.25. The first-order valence-electron chi connectivity index (χ1n) is 7.41. The Bertz CT molecular complexity index is 231. The highest BCUT2D eigenvalue weighted by Gasteiger charge is 2.20. The summed E-state index contributed by atoms with van der Waals surface area (Å²) >= 11 is 0. The molecule has 0 rings (SSSR count). The van der Waals surface area contributed by atoms with E-state index in [0.717, 1.165) is 12.3 Å². The molecule has 2 atom stereocenters. The summed E-state index contributed by atoms with van der Waals surface area (Å²) in [6, 6.07) is 0. The summed E-state index contributed by atoms with van der Waals surface area (Å²) in [6.45, 7) is 18.1. The van der Waals surface area contributed by atoms with E-state index in [1.165, 1.54) is 12.8 Å². The maximum atomic E-state index is 12.2. The van der Waals surface area contributed by atoms with Gasteiger partial charge in [-0.2, -0.15) is 0 Å². The van der Waals surface area contributed by atoms with Gasteiger partial charge in [0.2, 0.25) is 0 Å². The van der Waals surface area contributed by atoms with Gasteiger partial charge in [-0.1, -0.05) is 55.4 Å². The van der Waals surface area contributed by atoms with Gasteiger partial charge in [0.15, 0.2) is 0 Å². The normalized spacial score (nSPS) is 18.4. The summed E-state index contributed by atoms with van der Waals surface area (Å²) in [5.74, 6) is 1.19. The molecule has 110 valence electrons. The zero-order valence-electron chi connectivity index (χ0n) is 13.9. The smallest absolute Gasteiger partial charge is 0.0767 e. The highest BCUT2D eigenvalue weighted by Crippen LogP contribution is 2.35. The van der Waals surface area contributed by atoms with Crippen LogP contribution in [-0.2, 0) is 4.57 Å². The lowest BCUT2D eigenvalue weighted by Crippen LogP contribution is -2.15. The Morgan fingerprint density at radius 1 is 0.778 bits per heavy atom. The van der Waals surface area contributed by atoms with Gasteiger partial charge in [0.25, 0.3) is 0 Å². The van der Waals surface area contributed by atoms with E-state index < -0.39 is 7.80 Å². The molecule has 0 bridgehead atoms. The number of rotatable bonds is 6. The van der Waals surface area contributed by atoms with Gasteiger partial charge in [0.1, 0.15) is 0 Å². The monoisotopic (exact) mass is 274 g/mol. The molecule has 0 radical (unpaired) electrons. The van der Waals surface area contributed by atoms with Gasteiger partial charge >= 0.3 is 0 Å². The molecule has 0 aromatic carbocycles. The Labute approximate surface area is 116 Å². The highest BCUT2D eigenvalue weighted by molar-refractivity contribution is 7.44. The van der Waals surface area contributed by atoms with Crippen molar-refractivity contribution in [1.29, 1.82) is 0 Å². The molecule has 0 aromatic rings. The van der Waals surface area contributed by atoms with Crippen LogP contribution in [0, 0.1) is 22.7 Å². The van der Waals surface area contributed by atoms with E-state index in [-0.39, 0.29) is 0 Å². The Morgan fingerprint density at radius 3 is 1.28 bits per heavy atom. The van der Waals surface area contributed by atoms with Gasteiger partial charge in [-0.05, 0) is 35.5 Å². The summed E-state index contributed by atoms with van der Waals surface area (Å²) in [4.78, 5) is 0. The zero-order valence-corrected chi connectivity index (χ0v) is 14.9. The van der Waals surface area contributed by atoms with Crippen LogP contribution in [-0.4, -0.2) is 12.3 Å². The van der Waals surface area contributed by atoms with Crippen LogP contribution in [0.15, 0.2) is 0 Å². The minimum Gasteiger partial charge on any atom is -0.327 e. The van der Waals surface area contributed by atoms with Crippen LogP contribution in [0.5, 0.6) is 0 Å². The third kappa shape index (κ3) is 11.3. The van der Waals surface area contributed by atoms with Crippen LogP contribution in [0.1, 0.15) is 68.2 Å². The fraction of sp³-hybridized carbons (Fsp3) is 1.00. The number of hydrogen-bond acceptors (Lipinski definition) is 1. The van der Waals surface area contributed by atoms with E-state index in [0.29, 0.717) is 22.7 Å². The van der Waals surface area contributed by atoms with E-state index >= 15 is 0 Å². The van der Waals surface area contributed by atoms with Crippen molar-refractivity contribution in [2.45, 2.75) is 68.2 Å². The quantitative estimate of drug-likeness (QED) is 0.568. The zero-order chi connectivity index (χ0) is 14.6. The molecule has 0 saturated carbocycles. The Morgan fingerprint density at radius 2 is 1.06 bits per heavy atom. The van der Waals surface area contributed by atoms with E-state index in [1.54, 1.807) is 0 Å². The highest BCUT2D eigenvalue weighted by atomic mass is 31.1. The van der Waals surface area contributed by atoms with Crippen molar-refractivity contribution in [1.82, 2.24) is 0 Å². The van der Waals surface area contributed by atoms with E-state index in [9.17, 15) is 4.57 Å². The molecule has 0 aliphatic heterocycles. The first kappa shape index (κ1) is 18.2. The predicted molar refractivity (Wildman–Crippen MR) is 85.2 cm³/mol. The molecule has 0 spiro atoms. The second-order valence-corrected chi connectivity index (χ2v) is 10.6.